The molecule has 0 spiro atoms. The van der Waals surface area contributed by atoms with Gasteiger partial charge < -0.3 is 5.32 Å². The second-order valence-electron chi connectivity index (χ2n) is 6.31. The normalized spacial score (nSPS) is 11.7. The molecule has 0 atom stereocenters. The molecule has 0 saturated heterocycles. The molecule has 1 amide bonds. The van der Waals surface area contributed by atoms with Crippen molar-refractivity contribution in [1.82, 2.24) is 9.38 Å². The number of anilines is 1. The highest BCUT2D eigenvalue weighted by molar-refractivity contribution is 6.04. The Morgan fingerprint density at radius 3 is 2.41 bits per heavy atom. The third kappa shape index (κ3) is 3.97. The largest absolute Gasteiger partial charge is 0.417 e. The molecule has 1 aromatic carbocycles. The van der Waals surface area contributed by atoms with E-state index in [0.29, 0.717) is 23.4 Å². The number of amides is 1. The minimum atomic E-state index is -4.49. The predicted octanol–water partition coefficient (Wildman–Crippen LogP) is 5.12. The van der Waals surface area contributed by atoms with Gasteiger partial charge in [-0.3, -0.25) is 9.20 Å². The molecule has 0 aliphatic heterocycles. The summed E-state index contributed by atoms with van der Waals surface area (Å²) in [4.78, 5) is 17.2. The molecule has 3 aromatic rings. The molecule has 3 rings (SSSR count). The van der Waals surface area contributed by atoms with Crippen LogP contribution in [0.2, 0.25) is 0 Å². The van der Waals surface area contributed by atoms with Crippen LogP contribution < -0.4 is 5.32 Å². The minimum absolute atomic E-state index is 0.137. The first-order valence-corrected chi connectivity index (χ1v) is 8.82. The van der Waals surface area contributed by atoms with Crippen LogP contribution in [-0.4, -0.2) is 15.3 Å². The highest BCUT2D eigenvalue weighted by Gasteiger charge is 2.32. The number of aromatic nitrogens is 2. The Bertz CT molecular complexity index is 959. The molecule has 27 heavy (non-hydrogen) atoms. The Kier molecular flexibility index (Phi) is 5.21. The van der Waals surface area contributed by atoms with E-state index in [1.54, 1.807) is 12.1 Å². The lowest BCUT2D eigenvalue weighted by molar-refractivity contribution is -0.137. The van der Waals surface area contributed by atoms with Crippen molar-refractivity contribution in [2.45, 2.75) is 39.3 Å². The first-order chi connectivity index (χ1) is 12.8. The fraction of sp³-hybridized carbons (Fsp3) is 0.300. The second kappa shape index (κ2) is 7.42. The van der Waals surface area contributed by atoms with Crippen LogP contribution in [-0.2, 0) is 19.0 Å². The fourth-order valence-corrected chi connectivity index (χ4v) is 2.93. The summed E-state index contributed by atoms with van der Waals surface area (Å²) >= 11 is 0. The van der Waals surface area contributed by atoms with E-state index < -0.39 is 17.6 Å². The van der Waals surface area contributed by atoms with Crippen LogP contribution in [0.25, 0.3) is 5.65 Å². The van der Waals surface area contributed by atoms with E-state index in [1.165, 1.54) is 10.5 Å². The number of imidazole rings is 1. The van der Waals surface area contributed by atoms with Crippen molar-refractivity contribution >= 4 is 17.2 Å². The van der Waals surface area contributed by atoms with E-state index >= 15 is 0 Å². The summed E-state index contributed by atoms with van der Waals surface area (Å²) in [5.74, 6) is -0.477. The van der Waals surface area contributed by atoms with Crippen LogP contribution in [0.5, 0.6) is 0 Å². The van der Waals surface area contributed by atoms with Gasteiger partial charge in [-0.1, -0.05) is 32.4 Å². The standard InChI is InChI=1S/C20H20F3N3O/c1-3-5-16-18(19(27)24-15-9-6-13(4-2)7-10-15)26-12-14(20(21,22)23)8-11-17(26)25-16/h6-12H,3-5H2,1-2H3,(H,24,27). The van der Waals surface area contributed by atoms with Crippen molar-refractivity contribution in [2.75, 3.05) is 5.32 Å². The summed E-state index contributed by atoms with van der Waals surface area (Å²) in [5, 5.41) is 2.76. The second-order valence-corrected chi connectivity index (χ2v) is 6.31. The molecule has 2 aromatic heterocycles. The lowest BCUT2D eigenvalue weighted by Gasteiger charge is -2.10. The molecule has 0 unspecified atom stereocenters. The fourth-order valence-electron chi connectivity index (χ4n) is 2.93. The molecule has 0 bridgehead atoms. The van der Waals surface area contributed by atoms with Crippen molar-refractivity contribution in [3.8, 4) is 0 Å². The van der Waals surface area contributed by atoms with Crippen LogP contribution >= 0.6 is 0 Å². The van der Waals surface area contributed by atoms with E-state index in [9.17, 15) is 18.0 Å². The van der Waals surface area contributed by atoms with Crippen molar-refractivity contribution < 1.29 is 18.0 Å². The zero-order chi connectivity index (χ0) is 19.6. The molecule has 0 aliphatic rings. The number of alkyl halides is 3. The first-order valence-electron chi connectivity index (χ1n) is 8.82. The number of fused-ring (bicyclic) bond motifs is 1. The maximum Gasteiger partial charge on any atom is 0.417 e. The molecular weight excluding hydrogens is 355 g/mol. The van der Waals surface area contributed by atoms with E-state index in [2.05, 4.69) is 10.3 Å². The number of carbonyl (C=O) groups is 1. The quantitative estimate of drug-likeness (QED) is 0.673. The highest BCUT2D eigenvalue weighted by atomic mass is 19.4. The Morgan fingerprint density at radius 1 is 1.11 bits per heavy atom. The van der Waals surface area contributed by atoms with Gasteiger partial charge in [-0.25, -0.2) is 4.98 Å². The average Bonchev–Trinajstić information content (AvgIpc) is 2.99. The zero-order valence-electron chi connectivity index (χ0n) is 15.1. The molecule has 2 heterocycles. The van der Waals surface area contributed by atoms with E-state index in [1.807, 2.05) is 26.0 Å². The lowest BCUT2D eigenvalue weighted by atomic mass is 10.1. The average molecular weight is 375 g/mol. The molecule has 142 valence electrons. The van der Waals surface area contributed by atoms with E-state index in [-0.39, 0.29) is 5.69 Å². The van der Waals surface area contributed by atoms with Gasteiger partial charge in [0.25, 0.3) is 5.91 Å². The van der Waals surface area contributed by atoms with E-state index in [0.717, 1.165) is 30.7 Å². The predicted molar refractivity (Wildman–Crippen MR) is 98.0 cm³/mol. The molecule has 7 heteroatoms. The van der Waals surface area contributed by atoms with Gasteiger partial charge >= 0.3 is 6.18 Å². The monoisotopic (exact) mass is 375 g/mol. The maximum absolute atomic E-state index is 13.1. The third-order valence-corrected chi connectivity index (χ3v) is 4.34. The lowest BCUT2D eigenvalue weighted by Crippen LogP contribution is -2.17. The van der Waals surface area contributed by atoms with Crippen LogP contribution in [0.4, 0.5) is 18.9 Å². The number of hydrogen-bond acceptors (Lipinski definition) is 2. The molecular formula is C20H20F3N3O. The summed E-state index contributed by atoms with van der Waals surface area (Å²) in [6, 6.07) is 9.62. The van der Waals surface area contributed by atoms with Crippen LogP contribution in [0.1, 0.15) is 47.6 Å². The van der Waals surface area contributed by atoms with Crippen LogP contribution in [0.15, 0.2) is 42.6 Å². The van der Waals surface area contributed by atoms with Gasteiger partial charge in [0.05, 0.1) is 11.3 Å². The first kappa shape index (κ1) is 18.9. The van der Waals surface area contributed by atoms with Crippen molar-refractivity contribution in [3.05, 3.63) is 65.1 Å². The van der Waals surface area contributed by atoms with Gasteiger partial charge in [0, 0.05) is 11.9 Å². The van der Waals surface area contributed by atoms with E-state index in [4.69, 9.17) is 0 Å². The Balaban J connectivity index is 2.03. The molecule has 0 saturated carbocycles. The number of halogens is 3. The van der Waals surface area contributed by atoms with Gasteiger partial charge in [-0.15, -0.1) is 0 Å². The number of benzene rings is 1. The van der Waals surface area contributed by atoms with Crippen molar-refractivity contribution in [1.29, 1.82) is 0 Å². The minimum Gasteiger partial charge on any atom is -0.321 e. The van der Waals surface area contributed by atoms with Crippen molar-refractivity contribution in [2.24, 2.45) is 0 Å². The van der Waals surface area contributed by atoms with Gasteiger partial charge in [-0.2, -0.15) is 13.2 Å². The maximum atomic E-state index is 13.1. The van der Waals surface area contributed by atoms with Gasteiger partial charge in [-0.05, 0) is 42.7 Å². The SMILES string of the molecule is CCCc1nc2ccc(C(F)(F)F)cn2c1C(=O)Nc1ccc(CC)cc1. The summed E-state index contributed by atoms with van der Waals surface area (Å²) in [5.41, 5.74) is 1.83. The molecule has 1 N–H and O–H groups in total. The Hall–Kier alpha value is -2.83. The molecule has 0 radical (unpaired) electrons. The Labute approximate surface area is 155 Å². The van der Waals surface area contributed by atoms with Gasteiger partial charge in [0.2, 0.25) is 0 Å². The smallest absolute Gasteiger partial charge is 0.321 e. The number of carbonyl (C=O) groups excluding carboxylic acids is 1. The molecule has 0 aliphatic carbocycles. The summed E-state index contributed by atoms with van der Waals surface area (Å²) in [6.45, 7) is 3.96. The number of nitrogens with one attached hydrogen (secondary N) is 1. The van der Waals surface area contributed by atoms with Crippen molar-refractivity contribution in [3.63, 3.8) is 0 Å². The number of pyridine rings is 1. The highest BCUT2D eigenvalue weighted by Crippen LogP contribution is 2.30. The van der Waals surface area contributed by atoms with Crippen LogP contribution in [0, 0.1) is 0 Å². The number of rotatable bonds is 5. The Morgan fingerprint density at radius 2 is 1.81 bits per heavy atom. The molecule has 0 fully saturated rings. The van der Waals surface area contributed by atoms with Crippen LogP contribution in [0.3, 0.4) is 0 Å². The third-order valence-electron chi connectivity index (χ3n) is 4.34. The molecule has 4 nitrogen and oxygen atoms in total. The number of aryl methyl sites for hydroxylation is 2. The van der Waals surface area contributed by atoms with Gasteiger partial charge in [0.15, 0.2) is 0 Å². The number of hydrogen-bond donors (Lipinski definition) is 1. The number of nitrogens with zero attached hydrogens (tertiary/aromatic N) is 2. The summed E-state index contributed by atoms with van der Waals surface area (Å²) in [6.07, 6.45) is -1.46. The summed E-state index contributed by atoms with van der Waals surface area (Å²) in [7, 11) is 0. The zero-order valence-corrected chi connectivity index (χ0v) is 15.1. The van der Waals surface area contributed by atoms with Gasteiger partial charge in [0.1, 0.15) is 11.3 Å². The summed E-state index contributed by atoms with van der Waals surface area (Å²) < 4.78 is 40.5. The topological polar surface area (TPSA) is 46.4 Å².